The number of non-ortho nitro benzene ring substituents is 1. The van der Waals surface area contributed by atoms with E-state index in [1.807, 2.05) is 6.92 Å². The number of hydrogen-bond donors (Lipinski definition) is 1. The van der Waals surface area contributed by atoms with Gasteiger partial charge in [-0.25, -0.2) is 0 Å². The molecule has 0 heterocycles. The number of nitro groups is 1. The van der Waals surface area contributed by atoms with Crippen molar-refractivity contribution in [3.05, 3.63) is 33.9 Å². The number of nitro benzene ring substituents is 1. The smallest absolute Gasteiger partial charge is 0.269 e. The van der Waals surface area contributed by atoms with Crippen LogP contribution in [0.4, 0.5) is 5.69 Å². The Hall–Kier alpha value is -1.62. The molecular formula is C16H24N2O3. The zero-order valence-corrected chi connectivity index (χ0v) is 13.2. The highest BCUT2D eigenvalue weighted by atomic mass is 16.6. The molecule has 2 rings (SSSR count). The second-order valence-corrected chi connectivity index (χ2v) is 6.02. The van der Waals surface area contributed by atoms with Gasteiger partial charge in [0.25, 0.3) is 5.69 Å². The molecule has 1 N–H and O–H groups in total. The lowest BCUT2D eigenvalue weighted by atomic mass is 9.61. The number of aryl methyl sites for hydroxylation is 1. The number of nitrogens with zero attached hydrogens (tertiary/aromatic N) is 1. The summed E-state index contributed by atoms with van der Waals surface area (Å²) in [7, 11) is 0. The third-order valence-corrected chi connectivity index (χ3v) is 4.83. The second-order valence-electron chi connectivity index (χ2n) is 6.02. The van der Waals surface area contributed by atoms with Crippen molar-refractivity contribution in [1.29, 1.82) is 0 Å². The summed E-state index contributed by atoms with van der Waals surface area (Å²) in [4.78, 5) is 10.4. The van der Waals surface area contributed by atoms with Crippen molar-refractivity contribution < 1.29 is 9.66 Å². The van der Waals surface area contributed by atoms with Gasteiger partial charge < -0.3 is 10.1 Å². The van der Waals surface area contributed by atoms with Crippen LogP contribution in [0.1, 0.15) is 39.2 Å². The van der Waals surface area contributed by atoms with Gasteiger partial charge >= 0.3 is 0 Å². The van der Waals surface area contributed by atoms with E-state index in [-0.39, 0.29) is 22.1 Å². The minimum atomic E-state index is -0.377. The van der Waals surface area contributed by atoms with Crippen molar-refractivity contribution in [1.82, 2.24) is 5.32 Å². The Balaban J connectivity index is 2.11. The lowest BCUT2D eigenvalue weighted by molar-refractivity contribution is -0.384. The minimum absolute atomic E-state index is 0.109. The highest BCUT2D eigenvalue weighted by molar-refractivity contribution is 5.43. The summed E-state index contributed by atoms with van der Waals surface area (Å²) in [5.74, 6) is 0.750. The fourth-order valence-corrected chi connectivity index (χ4v) is 3.07. The molecule has 0 saturated heterocycles. The van der Waals surface area contributed by atoms with Gasteiger partial charge in [0.2, 0.25) is 0 Å². The molecule has 3 unspecified atom stereocenters. The molecule has 5 heteroatoms. The molecule has 0 aromatic heterocycles. The third kappa shape index (κ3) is 2.88. The summed E-state index contributed by atoms with van der Waals surface area (Å²) in [6.45, 7) is 9.36. The lowest BCUT2D eigenvalue weighted by Crippen LogP contribution is -2.63. The van der Waals surface area contributed by atoms with Gasteiger partial charge in [-0.2, -0.15) is 0 Å². The molecule has 3 atom stereocenters. The number of hydrogen-bond acceptors (Lipinski definition) is 4. The lowest BCUT2D eigenvalue weighted by Gasteiger charge is -2.53. The molecule has 1 aliphatic rings. The minimum Gasteiger partial charge on any atom is -0.489 e. The van der Waals surface area contributed by atoms with Crippen LogP contribution in [0.2, 0.25) is 0 Å². The first kappa shape index (κ1) is 15.8. The van der Waals surface area contributed by atoms with Crippen molar-refractivity contribution in [2.24, 2.45) is 5.41 Å². The van der Waals surface area contributed by atoms with Crippen LogP contribution in [0.3, 0.4) is 0 Å². The number of benzene rings is 1. The van der Waals surface area contributed by atoms with E-state index < -0.39 is 0 Å². The summed E-state index contributed by atoms with van der Waals surface area (Å²) in [5.41, 5.74) is 1.04. The topological polar surface area (TPSA) is 64.4 Å². The van der Waals surface area contributed by atoms with Crippen LogP contribution in [0, 0.1) is 22.5 Å². The SMILES string of the molecule is CCNC1CC(Oc2ccc([N+](=O)[O-])cc2C)C1(C)CC. The standard InChI is InChI=1S/C16H24N2O3/c1-5-16(4)14(17-6-2)10-15(16)21-13-8-7-12(18(19)20)9-11(13)3/h7-9,14-15,17H,5-6,10H2,1-4H3. The van der Waals surface area contributed by atoms with Gasteiger partial charge in [0.05, 0.1) is 4.92 Å². The molecule has 0 aliphatic heterocycles. The molecule has 1 aromatic rings. The van der Waals surface area contributed by atoms with Crippen molar-refractivity contribution in [2.45, 2.75) is 52.7 Å². The van der Waals surface area contributed by atoms with Crippen LogP contribution in [0.5, 0.6) is 5.75 Å². The first-order valence-electron chi connectivity index (χ1n) is 7.57. The molecule has 0 radical (unpaired) electrons. The molecule has 5 nitrogen and oxygen atoms in total. The van der Waals surface area contributed by atoms with Gasteiger partial charge in [0.15, 0.2) is 0 Å². The number of ether oxygens (including phenoxy) is 1. The van der Waals surface area contributed by atoms with E-state index in [0.29, 0.717) is 6.04 Å². The maximum absolute atomic E-state index is 10.8. The molecule has 21 heavy (non-hydrogen) atoms. The third-order valence-electron chi connectivity index (χ3n) is 4.83. The molecule has 0 bridgehead atoms. The van der Waals surface area contributed by atoms with Crippen molar-refractivity contribution >= 4 is 5.69 Å². The van der Waals surface area contributed by atoms with Crippen molar-refractivity contribution in [2.75, 3.05) is 6.54 Å². The van der Waals surface area contributed by atoms with Crippen molar-refractivity contribution in [3.8, 4) is 5.75 Å². The van der Waals surface area contributed by atoms with Gasteiger partial charge in [-0.05, 0) is 31.5 Å². The summed E-state index contributed by atoms with van der Waals surface area (Å²) in [6.07, 6.45) is 2.18. The molecule has 116 valence electrons. The highest BCUT2D eigenvalue weighted by Crippen LogP contribution is 2.46. The summed E-state index contributed by atoms with van der Waals surface area (Å²) in [5, 5.41) is 14.3. The van der Waals surface area contributed by atoms with Crippen LogP contribution in [-0.2, 0) is 0 Å². The maximum atomic E-state index is 10.8. The van der Waals surface area contributed by atoms with Crippen LogP contribution in [0.25, 0.3) is 0 Å². The fourth-order valence-electron chi connectivity index (χ4n) is 3.07. The van der Waals surface area contributed by atoms with E-state index in [1.54, 1.807) is 12.1 Å². The highest BCUT2D eigenvalue weighted by Gasteiger charge is 2.51. The molecule has 1 aliphatic carbocycles. The van der Waals surface area contributed by atoms with Crippen LogP contribution in [-0.4, -0.2) is 23.6 Å². The van der Waals surface area contributed by atoms with E-state index >= 15 is 0 Å². The molecule has 1 saturated carbocycles. The zero-order chi connectivity index (χ0) is 15.6. The number of rotatable bonds is 6. The maximum Gasteiger partial charge on any atom is 0.269 e. The zero-order valence-electron chi connectivity index (χ0n) is 13.2. The van der Waals surface area contributed by atoms with E-state index in [0.717, 1.165) is 30.7 Å². The summed E-state index contributed by atoms with van der Waals surface area (Å²) < 4.78 is 6.14. The van der Waals surface area contributed by atoms with Crippen molar-refractivity contribution in [3.63, 3.8) is 0 Å². The summed E-state index contributed by atoms with van der Waals surface area (Å²) >= 11 is 0. The average Bonchev–Trinajstić information content (AvgIpc) is 2.46. The molecule has 1 fully saturated rings. The second kappa shape index (κ2) is 6.02. The fraction of sp³-hybridized carbons (Fsp3) is 0.625. The molecular weight excluding hydrogens is 268 g/mol. The largest absolute Gasteiger partial charge is 0.489 e. The van der Waals surface area contributed by atoms with E-state index in [9.17, 15) is 10.1 Å². The van der Waals surface area contributed by atoms with Gasteiger partial charge in [-0.1, -0.05) is 20.8 Å². The van der Waals surface area contributed by atoms with Crippen LogP contribution < -0.4 is 10.1 Å². The number of nitrogens with one attached hydrogen (secondary N) is 1. The van der Waals surface area contributed by atoms with E-state index in [2.05, 4.69) is 26.1 Å². The Kier molecular flexibility index (Phi) is 4.52. The first-order chi connectivity index (χ1) is 9.92. The first-order valence-corrected chi connectivity index (χ1v) is 7.57. The monoisotopic (exact) mass is 292 g/mol. The van der Waals surface area contributed by atoms with Crippen LogP contribution >= 0.6 is 0 Å². The van der Waals surface area contributed by atoms with Gasteiger partial charge in [0.1, 0.15) is 11.9 Å². The predicted molar refractivity (Wildman–Crippen MR) is 82.7 cm³/mol. The summed E-state index contributed by atoms with van der Waals surface area (Å²) in [6, 6.07) is 5.27. The predicted octanol–water partition coefficient (Wildman–Crippen LogP) is 3.45. The Labute approximate surface area is 125 Å². The van der Waals surface area contributed by atoms with Gasteiger partial charge in [0, 0.05) is 30.0 Å². The normalized spacial score (nSPS) is 28.0. The molecule has 0 amide bonds. The Morgan fingerprint density at radius 3 is 2.71 bits per heavy atom. The Morgan fingerprint density at radius 1 is 1.48 bits per heavy atom. The quantitative estimate of drug-likeness (QED) is 0.644. The van der Waals surface area contributed by atoms with Crippen LogP contribution in [0.15, 0.2) is 18.2 Å². The van der Waals surface area contributed by atoms with E-state index in [4.69, 9.17) is 4.74 Å². The Morgan fingerprint density at radius 2 is 2.19 bits per heavy atom. The van der Waals surface area contributed by atoms with Gasteiger partial charge in [-0.15, -0.1) is 0 Å². The average molecular weight is 292 g/mol. The Bertz CT molecular complexity index is 532. The van der Waals surface area contributed by atoms with E-state index in [1.165, 1.54) is 6.07 Å². The van der Waals surface area contributed by atoms with Gasteiger partial charge in [-0.3, -0.25) is 10.1 Å². The molecule has 1 aromatic carbocycles. The molecule has 0 spiro atoms.